The van der Waals surface area contributed by atoms with E-state index in [4.69, 9.17) is 4.42 Å². The number of benzene rings is 8. The predicted molar refractivity (Wildman–Crippen MR) is 226 cm³/mol. The molecule has 2 nitrogen and oxygen atoms in total. The van der Waals surface area contributed by atoms with Crippen LogP contribution in [0.3, 0.4) is 0 Å². The molecule has 0 atom stereocenters. The Kier molecular flexibility index (Phi) is 6.37. The van der Waals surface area contributed by atoms with Gasteiger partial charge in [0, 0.05) is 63.4 Å². The van der Waals surface area contributed by atoms with E-state index in [9.17, 15) is 0 Å². The van der Waals surface area contributed by atoms with Crippen LogP contribution in [-0.4, -0.2) is 12.5 Å². The summed E-state index contributed by atoms with van der Waals surface area (Å²) in [5, 5.41) is 7.49. The van der Waals surface area contributed by atoms with Crippen LogP contribution in [-0.2, 0) is 0 Å². The molecule has 0 saturated carbocycles. The van der Waals surface area contributed by atoms with E-state index < -0.39 is 10.0 Å². The number of para-hydroxylation sites is 1. The van der Waals surface area contributed by atoms with Gasteiger partial charge >= 0.3 is 0 Å². The lowest BCUT2D eigenvalue weighted by Gasteiger charge is -2.31. The average molecular weight is 704 g/mol. The van der Waals surface area contributed by atoms with E-state index in [1.807, 2.05) is 17.4 Å². The molecule has 4 heteroatoms. The monoisotopic (exact) mass is 703 g/mol. The Hall–Kier alpha value is -5.81. The normalized spacial score (nSPS) is 14.0. The van der Waals surface area contributed by atoms with Crippen molar-refractivity contribution < 1.29 is 4.42 Å². The van der Waals surface area contributed by atoms with Gasteiger partial charge in [0.1, 0.15) is 11.2 Å². The van der Waals surface area contributed by atoms with Crippen molar-refractivity contribution in [2.75, 3.05) is 17.4 Å². The zero-order valence-corrected chi connectivity index (χ0v) is 30.4. The van der Waals surface area contributed by atoms with Gasteiger partial charge in [-0.05, 0) is 101 Å². The smallest absolute Gasteiger partial charge is 0.135 e. The molecule has 0 bridgehead atoms. The van der Waals surface area contributed by atoms with Crippen LogP contribution in [0.25, 0.3) is 75.1 Å². The van der Waals surface area contributed by atoms with Crippen LogP contribution in [0, 0.1) is 0 Å². The zero-order chi connectivity index (χ0) is 34.6. The fourth-order valence-corrected chi connectivity index (χ4v) is 12.2. The molecule has 0 aliphatic carbocycles. The third kappa shape index (κ3) is 4.32. The van der Waals surface area contributed by atoms with E-state index in [2.05, 4.69) is 175 Å². The molecule has 1 aliphatic rings. The third-order valence-corrected chi connectivity index (χ3v) is 15.0. The summed E-state index contributed by atoms with van der Waals surface area (Å²) >= 11 is 1.93. The number of rotatable bonds is 4. The lowest BCUT2D eigenvalue weighted by molar-refractivity contribution is 0.669. The van der Waals surface area contributed by atoms with Gasteiger partial charge < -0.3 is 9.32 Å². The third-order valence-electron chi connectivity index (χ3n) is 10.9. The molecule has 248 valence electrons. The SMILES string of the molecule is CS1(C)c2cc(N(c3ccc(-c4cccc5ccccc45)cc3)c3ccc4oc5ccccc5c4c3)ccc2-c2c1ccc1c2sc2ccccc21. The van der Waals surface area contributed by atoms with Crippen molar-refractivity contribution in [1.82, 2.24) is 0 Å². The van der Waals surface area contributed by atoms with E-state index in [0.29, 0.717) is 0 Å². The second-order valence-electron chi connectivity index (χ2n) is 14.1. The Balaban J connectivity index is 1.10. The van der Waals surface area contributed by atoms with E-state index >= 15 is 0 Å². The van der Waals surface area contributed by atoms with Gasteiger partial charge in [-0.2, -0.15) is 10.0 Å². The van der Waals surface area contributed by atoms with Crippen molar-refractivity contribution in [3.63, 3.8) is 0 Å². The molecule has 0 unspecified atom stereocenters. The highest BCUT2D eigenvalue weighted by Gasteiger charge is 2.34. The molecule has 11 rings (SSSR count). The van der Waals surface area contributed by atoms with E-state index in [1.165, 1.54) is 63.0 Å². The highest BCUT2D eigenvalue weighted by Crippen LogP contribution is 2.69. The number of furan rings is 1. The summed E-state index contributed by atoms with van der Waals surface area (Å²) in [7, 11) is -1.27. The summed E-state index contributed by atoms with van der Waals surface area (Å²) in [6, 6.07) is 60.0. The fourth-order valence-electron chi connectivity index (χ4n) is 8.42. The minimum Gasteiger partial charge on any atom is -0.456 e. The highest BCUT2D eigenvalue weighted by atomic mass is 32.3. The van der Waals surface area contributed by atoms with E-state index in [1.54, 1.807) is 0 Å². The van der Waals surface area contributed by atoms with Gasteiger partial charge in [-0.1, -0.05) is 103 Å². The second-order valence-corrected chi connectivity index (χ2v) is 18.7. The molecule has 3 heterocycles. The molecular formula is C48H33NOS2. The largest absolute Gasteiger partial charge is 0.456 e. The first kappa shape index (κ1) is 29.9. The van der Waals surface area contributed by atoms with Crippen LogP contribution < -0.4 is 4.90 Å². The Morgan fingerprint density at radius 2 is 1.17 bits per heavy atom. The second kappa shape index (κ2) is 11.1. The number of nitrogens with zero attached hydrogens (tertiary/aromatic N) is 1. The van der Waals surface area contributed by atoms with Crippen LogP contribution in [0.15, 0.2) is 178 Å². The van der Waals surface area contributed by atoms with Crippen LogP contribution in [0.1, 0.15) is 0 Å². The summed E-state index contributed by atoms with van der Waals surface area (Å²) in [5.74, 6) is 0. The van der Waals surface area contributed by atoms with Crippen molar-refractivity contribution in [3.05, 3.63) is 164 Å². The highest BCUT2D eigenvalue weighted by molar-refractivity contribution is 8.33. The minimum atomic E-state index is -1.27. The number of fused-ring (bicyclic) bond motifs is 11. The average Bonchev–Trinajstić information content (AvgIpc) is 3.82. The molecule has 0 saturated heterocycles. The Morgan fingerprint density at radius 1 is 0.481 bits per heavy atom. The van der Waals surface area contributed by atoms with Gasteiger partial charge in [0.15, 0.2) is 0 Å². The predicted octanol–water partition coefficient (Wildman–Crippen LogP) is 14.7. The number of hydrogen-bond donors (Lipinski definition) is 0. The van der Waals surface area contributed by atoms with Crippen molar-refractivity contribution >= 4 is 91.3 Å². The van der Waals surface area contributed by atoms with Crippen LogP contribution >= 0.6 is 21.4 Å². The summed E-state index contributed by atoms with van der Waals surface area (Å²) < 4.78 is 9.02. The summed E-state index contributed by atoms with van der Waals surface area (Å²) in [6.07, 6.45) is 4.93. The number of hydrogen-bond acceptors (Lipinski definition) is 3. The van der Waals surface area contributed by atoms with Gasteiger partial charge in [-0.15, -0.1) is 11.3 Å². The van der Waals surface area contributed by atoms with Crippen molar-refractivity contribution in [1.29, 1.82) is 0 Å². The number of thiophene rings is 1. The van der Waals surface area contributed by atoms with Gasteiger partial charge in [0.25, 0.3) is 0 Å². The van der Waals surface area contributed by atoms with E-state index in [-0.39, 0.29) is 0 Å². The standard InChI is InChI=1S/C48H33NOS2/c1-52(2)45-27-25-39-38-14-6-8-17-44(38)51-48(39)47(45)40-24-22-34(29-46(40)52)49(33-23-26-43-41(28-33)37-13-5-7-16-42(37)50-43)32-20-18-31(19-21-32)36-15-9-11-30-10-3-4-12-35(30)36/h3-29H,1-2H3. The first-order valence-electron chi connectivity index (χ1n) is 17.6. The summed E-state index contributed by atoms with van der Waals surface area (Å²) in [6.45, 7) is 0. The molecule has 0 amide bonds. The molecule has 0 spiro atoms. The van der Waals surface area contributed by atoms with Gasteiger partial charge in [-0.3, -0.25) is 0 Å². The van der Waals surface area contributed by atoms with Crippen LogP contribution in [0.5, 0.6) is 0 Å². The van der Waals surface area contributed by atoms with Crippen LogP contribution in [0.2, 0.25) is 0 Å². The molecule has 0 N–H and O–H groups in total. The molecular weight excluding hydrogens is 671 g/mol. The maximum absolute atomic E-state index is 6.26. The molecule has 0 fully saturated rings. The quantitative estimate of drug-likeness (QED) is 0.181. The van der Waals surface area contributed by atoms with Crippen molar-refractivity contribution in [3.8, 4) is 22.3 Å². The van der Waals surface area contributed by atoms with E-state index in [0.717, 1.165) is 39.0 Å². The molecule has 52 heavy (non-hydrogen) atoms. The minimum absolute atomic E-state index is 0.901. The first-order valence-corrected chi connectivity index (χ1v) is 20.9. The molecule has 1 aliphatic heterocycles. The van der Waals surface area contributed by atoms with Gasteiger partial charge in [-0.25, -0.2) is 0 Å². The van der Waals surface area contributed by atoms with Gasteiger partial charge in [0.05, 0.1) is 0 Å². The van der Waals surface area contributed by atoms with Crippen molar-refractivity contribution in [2.45, 2.75) is 9.79 Å². The Bertz CT molecular complexity index is 3050. The molecule has 10 aromatic rings. The number of anilines is 3. The molecule has 0 radical (unpaired) electrons. The maximum Gasteiger partial charge on any atom is 0.135 e. The fraction of sp³-hybridized carbons (Fsp3) is 0.0417. The Morgan fingerprint density at radius 3 is 2.06 bits per heavy atom. The zero-order valence-electron chi connectivity index (χ0n) is 28.8. The summed E-state index contributed by atoms with van der Waals surface area (Å²) in [4.78, 5) is 5.34. The Labute approximate surface area is 307 Å². The van der Waals surface area contributed by atoms with Crippen LogP contribution in [0.4, 0.5) is 17.1 Å². The lowest BCUT2D eigenvalue weighted by Crippen LogP contribution is -2.10. The summed E-state index contributed by atoms with van der Waals surface area (Å²) in [5.41, 5.74) is 10.4. The first-order chi connectivity index (χ1) is 25.5. The van der Waals surface area contributed by atoms with Crippen molar-refractivity contribution in [2.24, 2.45) is 0 Å². The molecule has 8 aromatic carbocycles. The lowest BCUT2D eigenvalue weighted by atomic mass is 9.98. The maximum atomic E-state index is 6.26. The topological polar surface area (TPSA) is 16.4 Å². The van der Waals surface area contributed by atoms with Gasteiger partial charge in [0.2, 0.25) is 0 Å². The molecule has 2 aromatic heterocycles.